The largest absolute Gasteiger partial charge is 0.498 e. The highest BCUT2D eigenvalue weighted by Gasteiger charge is 2.52. The van der Waals surface area contributed by atoms with Gasteiger partial charge in [-0.3, -0.25) is 10.1 Å². The number of hydrogen-bond acceptors (Lipinski definition) is 6. The minimum atomic E-state index is -0.709. The highest BCUT2D eigenvalue weighted by atomic mass is 16.7. The predicted octanol–water partition coefficient (Wildman–Crippen LogP) is 2.45. The molecular weight excluding hydrogens is 325 g/mol. The van der Waals surface area contributed by atoms with Gasteiger partial charge in [0.05, 0.1) is 29.3 Å². The first kappa shape index (κ1) is 18.2. The summed E-state index contributed by atoms with van der Waals surface area (Å²) in [5, 5.41) is 11.2. The lowest BCUT2D eigenvalue weighted by molar-refractivity contribution is -0.384. The van der Waals surface area contributed by atoms with E-state index in [1.54, 1.807) is 6.07 Å². The molecule has 7 nitrogen and oxygen atoms in total. The number of ether oxygens (including phenoxy) is 2. The van der Waals surface area contributed by atoms with Crippen molar-refractivity contribution in [1.29, 1.82) is 0 Å². The van der Waals surface area contributed by atoms with Crippen molar-refractivity contribution in [3.8, 4) is 5.75 Å². The van der Waals surface area contributed by atoms with Crippen LogP contribution in [-0.4, -0.2) is 42.6 Å². The Morgan fingerprint density at radius 3 is 2.32 bits per heavy atom. The standard InChI is InChI=1S/C17H24BNO6/c1-16(2)17(3,4)25-18(24-16)14-11-12(19(20)21)5-6-15(14)23-13-7-9-22-10-8-13/h5-6,11,13H,7-10H2,1-4H3. The number of non-ortho nitro benzene ring substituents is 1. The Morgan fingerprint density at radius 1 is 1.16 bits per heavy atom. The summed E-state index contributed by atoms with van der Waals surface area (Å²) < 4.78 is 23.6. The van der Waals surface area contributed by atoms with Crippen LogP contribution in [0.15, 0.2) is 18.2 Å². The molecule has 3 rings (SSSR count). The Hall–Kier alpha value is -1.64. The molecule has 0 aromatic heterocycles. The van der Waals surface area contributed by atoms with E-state index < -0.39 is 23.2 Å². The molecular formula is C17H24BNO6. The fourth-order valence-corrected chi connectivity index (χ4v) is 2.88. The lowest BCUT2D eigenvalue weighted by Gasteiger charge is -2.32. The summed E-state index contributed by atoms with van der Waals surface area (Å²) >= 11 is 0. The predicted molar refractivity (Wildman–Crippen MR) is 93.3 cm³/mol. The first-order valence-corrected chi connectivity index (χ1v) is 8.58. The van der Waals surface area contributed by atoms with Gasteiger partial charge in [-0.15, -0.1) is 0 Å². The topological polar surface area (TPSA) is 80.1 Å². The van der Waals surface area contributed by atoms with E-state index in [9.17, 15) is 10.1 Å². The van der Waals surface area contributed by atoms with Gasteiger partial charge in [0.1, 0.15) is 11.9 Å². The maximum absolute atomic E-state index is 11.2. The van der Waals surface area contributed by atoms with Crippen molar-refractivity contribution in [2.75, 3.05) is 13.2 Å². The number of nitro groups is 1. The highest BCUT2D eigenvalue weighted by Crippen LogP contribution is 2.37. The molecule has 25 heavy (non-hydrogen) atoms. The van der Waals surface area contributed by atoms with E-state index in [1.807, 2.05) is 27.7 Å². The average Bonchev–Trinajstić information content (AvgIpc) is 2.76. The van der Waals surface area contributed by atoms with Crippen LogP contribution in [-0.2, 0) is 14.0 Å². The van der Waals surface area contributed by atoms with Crippen molar-refractivity contribution in [2.24, 2.45) is 0 Å². The zero-order valence-electron chi connectivity index (χ0n) is 15.1. The average molecular weight is 349 g/mol. The summed E-state index contributed by atoms with van der Waals surface area (Å²) in [5.41, 5.74) is -0.514. The van der Waals surface area contributed by atoms with Crippen LogP contribution in [0.3, 0.4) is 0 Å². The lowest BCUT2D eigenvalue weighted by Crippen LogP contribution is -2.41. The van der Waals surface area contributed by atoms with Crippen LogP contribution in [0, 0.1) is 10.1 Å². The molecule has 0 radical (unpaired) electrons. The van der Waals surface area contributed by atoms with Gasteiger partial charge >= 0.3 is 7.12 Å². The van der Waals surface area contributed by atoms with Crippen molar-refractivity contribution in [2.45, 2.75) is 57.8 Å². The van der Waals surface area contributed by atoms with E-state index in [0.717, 1.165) is 12.8 Å². The van der Waals surface area contributed by atoms with E-state index in [0.29, 0.717) is 24.4 Å². The second-order valence-electron chi connectivity index (χ2n) is 7.50. The fraction of sp³-hybridized carbons (Fsp3) is 0.647. The molecule has 0 atom stereocenters. The van der Waals surface area contributed by atoms with Crippen molar-refractivity contribution in [3.05, 3.63) is 28.3 Å². The molecule has 1 aromatic rings. The first-order valence-electron chi connectivity index (χ1n) is 8.58. The molecule has 0 amide bonds. The van der Waals surface area contributed by atoms with Gasteiger partial charge in [-0.25, -0.2) is 0 Å². The molecule has 2 saturated heterocycles. The minimum absolute atomic E-state index is 0.0101. The van der Waals surface area contributed by atoms with Crippen molar-refractivity contribution >= 4 is 18.3 Å². The maximum atomic E-state index is 11.2. The molecule has 2 aliphatic heterocycles. The van der Waals surface area contributed by atoms with Crippen LogP contribution < -0.4 is 10.2 Å². The SMILES string of the molecule is CC1(C)OB(c2cc([N+](=O)[O-])ccc2OC2CCOCC2)OC1(C)C. The molecule has 1 aromatic carbocycles. The number of nitrogens with zero attached hydrogens (tertiary/aromatic N) is 1. The van der Waals surface area contributed by atoms with E-state index in [1.165, 1.54) is 12.1 Å². The molecule has 2 aliphatic rings. The van der Waals surface area contributed by atoms with Crippen LogP contribution in [0.2, 0.25) is 0 Å². The van der Waals surface area contributed by atoms with Gasteiger partial charge in [-0.2, -0.15) is 0 Å². The van der Waals surface area contributed by atoms with E-state index in [-0.39, 0.29) is 11.8 Å². The van der Waals surface area contributed by atoms with E-state index in [2.05, 4.69) is 0 Å². The Labute approximate surface area is 147 Å². The van der Waals surface area contributed by atoms with Crippen LogP contribution in [0.1, 0.15) is 40.5 Å². The number of hydrogen-bond donors (Lipinski definition) is 0. The zero-order valence-corrected chi connectivity index (χ0v) is 15.1. The monoisotopic (exact) mass is 349 g/mol. The fourth-order valence-electron chi connectivity index (χ4n) is 2.88. The van der Waals surface area contributed by atoms with Gasteiger partial charge in [0.25, 0.3) is 5.69 Å². The third-order valence-corrected chi connectivity index (χ3v) is 5.17. The molecule has 2 heterocycles. The zero-order chi connectivity index (χ0) is 18.2. The molecule has 0 aliphatic carbocycles. The van der Waals surface area contributed by atoms with Crippen LogP contribution >= 0.6 is 0 Å². The molecule has 2 fully saturated rings. The summed E-state index contributed by atoms with van der Waals surface area (Å²) in [6.07, 6.45) is 1.61. The lowest BCUT2D eigenvalue weighted by atomic mass is 9.78. The van der Waals surface area contributed by atoms with Gasteiger partial charge < -0.3 is 18.8 Å². The minimum Gasteiger partial charge on any atom is -0.491 e. The summed E-state index contributed by atoms with van der Waals surface area (Å²) in [6.45, 7) is 9.10. The Kier molecular flexibility index (Phi) is 4.79. The normalized spacial score (nSPS) is 22.8. The molecule has 0 saturated carbocycles. The van der Waals surface area contributed by atoms with Gasteiger partial charge in [0.2, 0.25) is 0 Å². The third-order valence-electron chi connectivity index (χ3n) is 5.17. The van der Waals surface area contributed by atoms with Gasteiger partial charge in [0.15, 0.2) is 0 Å². The summed E-state index contributed by atoms with van der Waals surface area (Å²) in [6, 6.07) is 4.56. The molecule has 8 heteroatoms. The first-order chi connectivity index (χ1) is 11.7. The molecule has 0 N–H and O–H groups in total. The Balaban J connectivity index is 1.92. The Morgan fingerprint density at radius 2 is 1.76 bits per heavy atom. The summed E-state index contributed by atoms with van der Waals surface area (Å²) in [4.78, 5) is 10.8. The van der Waals surface area contributed by atoms with Crippen molar-refractivity contribution in [1.82, 2.24) is 0 Å². The molecule has 136 valence electrons. The summed E-state index contributed by atoms with van der Waals surface area (Å²) in [7, 11) is -0.709. The second kappa shape index (κ2) is 6.59. The van der Waals surface area contributed by atoms with Crippen molar-refractivity contribution < 1.29 is 23.7 Å². The molecule has 0 spiro atoms. The second-order valence-corrected chi connectivity index (χ2v) is 7.50. The van der Waals surface area contributed by atoms with Crippen LogP contribution in [0.25, 0.3) is 0 Å². The quantitative estimate of drug-likeness (QED) is 0.472. The van der Waals surface area contributed by atoms with Crippen molar-refractivity contribution in [3.63, 3.8) is 0 Å². The van der Waals surface area contributed by atoms with E-state index >= 15 is 0 Å². The van der Waals surface area contributed by atoms with Crippen LogP contribution in [0.4, 0.5) is 5.69 Å². The smallest absolute Gasteiger partial charge is 0.491 e. The third kappa shape index (κ3) is 3.66. The summed E-state index contributed by atoms with van der Waals surface area (Å²) in [5.74, 6) is 0.566. The van der Waals surface area contributed by atoms with Gasteiger partial charge in [-0.1, -0.05) is 0 Å². The number of rotatable bonds is 4. The van der Waals surface area contributed by atoms with Gasteiger partial charge in [0, 0.05) is 30.4 Å². The van der Waals surface area contributed by atoms with E-state index in [4.69, 9.17) is 18.8 Å². The molecule has 0 unspecified atom stereocenters. The highest BCUT2D eigenvalue weighted by molar-refractivity contribution is 6.63. The Bertz CT molecular complexity index is 641. The maximum Gasteiger partial charge on any atom is 0.498 e. The van der Waals surface area contributed by atoms with Crippen LogP contribution in [0.5, 0.6) is 5.75 Å². The number of benzene rings is 1. The van der Waals surface area contributed by atoms with Gasteiger partial charge in [-0.05, 0) is 33.8 Å². The number of nitro benzene ring substituents is 1. The molecule has 0 bridgehead atoms.